The molecule has 2 aromatic carbocycles. The van der Waals surface area contributed by atoms with E-state index in [1.807, 2.05) is 42.5 Å². The summed E-state index contributed by atoms with van der Waals surface area (Å²) in [5.74, 6) is 0. The molecule has 2 aromatic rings. The van der Waals surface area contributed by atoms with Crippen LogP contribution in [0.1, 0.15) is 17.2 Å². The van der Waals surface area contributed by atoms with Gasteiger partial charge in [0.25, 0.3) is 0 Å². The molecule has 3 rings (SSSR count). The Bertz CT molecular complexity index is 597. The van der Waals surface area contributed by atoms with Crippen LogP contribution in [-0.4, -0.2) is 11.7 Å². The maximum Gasteiger partial charge on any atom is 0.139 e. The van der Waals surface area contributed by atoms with Crippen LogP contribution in [0.25, 0.3) is 0 Å². The molecule has 0 amide bonds. The van der Waals surface area contributed by atoms with Crippen LogP contribution in [0.2, 0.25) is 5.02 Å². The van der Waals surface area contributed by atoms with Crippen molar-refractivity contribution in [3.63, 3.8) is 0 Å². The standard InChI is InChI=1S/C15H13ClN2O/c16-13-8-6-11(7-9-13)14-15(19,10-17-18-14)12-4-2-1-3-5-12/h1-9,14,19H,10H2. The highest BCUT2D eigenvalue weighted by Gasteiger charge is 2.43. The number of hydrogen-bond acceptors (Lipinski definition) is 3. The van der Waals surface area contributed by atoms with Gasteiger partial charge in [-0.2, -0.15) is 10.2 Å². The minimum atomic E-state index is -1.07. The molecule has 2 atom stereocenters. The van der Waals surface area contributed by atoms with Gasteiger partial charge < -0.3 is 5.11 Å². The van der Waals surface area contributed by atoms with Crippen molar-refractivity contribution < 1.29 is 5.11 Å². The molecule has 0 bridgehead atoms. The highest BCUT2D eigenvalue weighted by atomic mass is 35.5. The second kappa shape index (κ2) is 4.76. The van der Waals surface area contributed by atoms with Gasteiger partial charge >= 0.3 is 0 Å². The van der Waals surface area contributed by atoms with Crippen LogP contribution in [0.5, 0.6) is 0 Å². The molecule has 0 fully saturated rings. The molecule has 4 heteroatoms. The van der Waals surface area contributed by atoms with E-state index >= 15 is 0 Å². The second-order valence-corrected chi connectivity index (χ2v) is 5.10. The van der Waals surface area contributed by atoms with Crippen molar-refractivity contribution in [2.45, 2.75) is 11.6 Å². The SMILES string of the molecule is OC1(c2ccccc2)CN=NC1c1ccc(Cl)cc1. The van der Waals surface area contributed by atoms with Gasteiger partial charge in [0.1, 0.15) is 11.6 Å². The van der Waals surface area contributed by atoms with Gasteiger partial charge in [0.15, 0.2) is 0 Å². The Kier molecular flexibility index (Phi) is 3.09. The smallest absolute Gasteiger partial charge is 0.139 e. The fraction of sp³-hybridized carbons (Fsp3) is 0.200. The van der Waals surface area contributed by atoms with E-state index in [4.69, 9.17) is 11.6 Å². The van der Waals surface area contributed by atoms with Gasteiger partial charge in [-0.3, -0.25) is 0 Å². The van der Waals surface area contributed by atoms with Gasteiger partial charge in [-0.1, -0.05) is 54.1 Å². The van der Waals surface area contributed by atoms with Crippen LogP contribution < -0.4 is 0 Å². The van der Waals surface area contributed by atoms with Gasteiger partial charge in [-0.15, -0.1) is 0 Å². The van der Waals surface area contributed by atoms with E-state index < -0.39 is 5.60 Å². The number of nitrogens with zero attached hydrogens (tertiary/aromatic N) is 2. The quantitative estimate of drug-likeness (QED) is 0.889. The lowest BCUT2D eigenvalue weighted by molar-refractivity contribution is 0.0353. The third-order valence-electron chi connectivity index (χ3n) is 3.42. The molecule has 1 heterocycles. The largest absolute Gasteiger partial charge is 0.380 e. The average molecular weight is 273 g/mol. The molecule has 0 saturated heterocycles. The number of aliphatic hydroxyl groups is 1. The van der Waals surface area contributed by atoms with Crippen LogP contribution in [0.3, 0.4) is 0 Å². The highest BCUT2D eigenvalue weighted by Crippen LogP contribution is 2.42. The van der Waals surface area contributed by atoms with E-state index in [-0.39, 0.29) is 12.6 Å². The van der Waals surface area contributed by atoms with Crippen LogP contribution in [0.15, 0.2) is 64.8 Å². The van der Waals surface area contributed by atoms with Gasteiger partial charge in [-0.25, -0.2) is 0 Å². The Morgan fingerprint density at radius 3 is 2.42 bits per heavy atom. The molecular weight excluding hydrogens is 260 g/mol. The van der Waals surface area contributed by atoms with Crippen molar-refractivity contribution >= 4 is 11.6 Å². The van der Waals surface area contributed by atoms with Crippen molar-refractivity contribution in [1.29, 1.82) is 0 Å². The Labute approximate surface area is 116 Å². The number of hydrogen-bond donors (Lipinski definition) is 1. The van der Waals surface area contributed by atoms with Crippen molar-refractivity contribution in [2.24, 2.45) is 10.2 Å². The van der Waals surface area contributed by atoms with E-state index in [0.29, 0.717) is 5.02 Å². The zero-order valence-corrected chi connectivity index (χ0v) is 11.0. The summed E-state index contributed by atoms with van der Waals surface area (Å²) in [7, 11) is 0. The first-order valence-corrected chi connectivity index (χ1v) is 6.48. The molecule has 0 radical (unpaired) electrons. The summed E-state index contributed by atoms with van der Waals surface area (Å²) in [6, 6.07) is 16.5. The average Bonchev–Trinajstić information content (AvgIpc) is 2.84. The second-order valence-electron chi connectivity index (χ2n) is 4.66. The van der Waals surface area contributed by atoms with Crippen LogP contribution in [0.4, 0.5) is 0 Å². The molecule has 0 aromatic heterocycles. The fourth-order valence-corrected chi connectivity index (χ4v) is 2.50. The molecule has 0 spiro atoms. The maximum atomic E-state index is 10.9. The third kappa shape index (κ3) is 2.15. The first-order valence-electron chi connectivity index (χ1n) is 6.10. The summed E-state index contributed by atoms with van der Waals surface area (Å²) >= 11 is 5.89. The van der Waals surface area contributed by atoms with Crippen molar-refractivity contribution in [3.05, 3.63) is 70.7 Å². The van der Waals surface area contributed by atoms with E-state index in [0.717, 1.165) is 11.1 Å². The summed E-state index contributed by atoms with van der Waals surface area (Å²) < 4.78 is 0. The first kappa shape index (κ1) is 12.3. The van der Waals surface area contributed by atoms with Gasteiger partial charge in [-0.05, 0) is 23.3 Å². The summed E-state index contributed by atoms with van der Waals surface area (Å²) in [5.41, 5.74) is 0.673. The van der Waals surface area contributed by atoms with Crippen LogP contribution in [-0.2, 0) is 5.60 Å². The predicted octanol–water partition coefficient (Wildman–Crippen LogP) is 3.73. The zero-order chi connectivity index (χ0) is 13.3. The minimum absolute atomic E-state index is 0.282. The topological polar surface area (TPSA) is 45.0 Å². The van der Waals surface area contributed by atoms with E-state index in [2.05, 4.69) is 10.2 Å². The number of halogens is 1. The molecule has 19 heavy (non-hydrogen) atoms. The molecular formula is C15H13ClN2O. The van der Waals surface area contributed by atoms with Gasteiger partial charge in [0, 0.05) is 5.02 Å². The van der Waals surface area contributed by atoms with Crippen LogP contribution >= 0.6 is 11.6 Å². The predicted molar refractivity (Wildman–Crippen MR) is 74.3 cm³/mol. The summed E-state index contributed by atoms with van der Waals surface area (Å²) in [6.07, 6.45) is 0. The van der Waals surface area contributed by atoms with Crippen LogP contribution in [0, 0.1) is 0 Å². The molecule has 0 aliphatic carbocycles. The number of benzene rings is 2. The minimum Gasteiger partial charge on any atom is -0.380 e. The Morgan fingerprint density at radius 2 is 1.74 bits per heavy atom. The van der Waals surface area contributed by atoms with Gasteiger partial charge in [0.05, 0.1) is 6.54 Å². The normalized spacial score (nSPS) is 25.7. The third-order valence-corrected chi connectivity index (χ3v) is 3.67. The van der Waals surface area contributed by atoms with E-state index in [1.165, 1.54) is 0 Å². The lowest BCUT2D eigenvalue weighted by atomic mass is 9.84. The molecule has 1 aliphatic heterocycles. The lowest BCUT2D eigenvalue weighted by Gasteiger charge is -2.27. The molecule has 3 nitrogen and oxygen atoms in total. The van der Waals surface area contributed by atoms with Crippen molar-refractivity contribution in [2.75, 3.05) is 6.54 Å². The first-order chi connectivity index (χ1) is 9.20. The van der Waals surface area contributed by atoms with E-state index in [9.17, 15) is 5.11 Å². The molecule has 1 N–H and O–H groups in total. The number of rotatable bonds is 2. The Balaban J connectivity index is 2.01. The fourth-order valence-electron chi connectivity index (χ4n) is 2.38. The molecule has 1 aliphatic rings. The lowest BCUT2D eigenvalue weighted by Crippen LogP contribution is -2.32. The zero-order valence-electron chi connectivity index (χ0n) is 10.2. The molecule has 96 valence electrons. The summed E-state index contributed by atoms with van der Waals surface area (Å²) in [4.78, 5) is 0. The Morgan fingerprint density at radius 1 is 1.05 bits per heavy atom. The molecule has 0 saturated carbocycles. The summed E-state index contributed by atoms with van der Waals surface area (Å²) in [6.45, 7) is 0.282. The van der Waals surface area contributed by atoms with E-state index in [1.54, 1.807) is 12.1 Å². The van der Waals surface area contributed by atoms with Crippen molar-refractivity contribution in [1.82, 2.24) is 0 Å². The van der Waals surface area contributed by atoms with Crippen molar-refractivity contribution in [3.8, 4) is 0 Å². The summed E-state index contributed by atoms with van der Waals surface area (Å²) in [5, 5.41) is 19.8. The number of azo groups is 1. The van der Waals surface area contributed by atoms with Gasteiger partial charge in [0.2, 0.25) is 0 Å². The highest BCUT2D eigenvalue weighted by molar-refractivity contribution is 6.30. The molecule has 2 unspecified atom stereocenters. The maximum absolute atomic E-state index is 10.9. The monoisotopic (exact) mass is 272 g/mol. The Hall–Kier alpha value is -1.71.